The number of rotatable bonds is 0. The molecule has 0 aliphatic carbocycles. The molecule has 0 saturated carbocycles. The van der Waals surface area contributed by atoms with Crippen LogP contribution < -0.4 is 5.69 Å². The number of aromatic amines is 2. The molecule has 0 spiro atoms. The minimum atomic E-state index is -0.480. The summed E-state index contributed by atoms with van der Waals surface area (Å²) in [4.78, 5) is 16.6. The largest absolute Gasteiger partial charge is 0.348 e. The van der Waals surface area contributed by atoms with Crippen LogP contribution in [0.3, 0.4) is 0 Å². The van der Waals surface area contributed by atoms with Crippen molar-refractivity contribution >= 4 is 22.6 Å². The van der Waals surface area contributed by atoms with Gasteiger partial charge < -0.3 is 0 Å². The van der Waals surface area contributed by atoms with Crippen LogP contribution in [0, 0.1) is 0 Å². The van der Waals surface area contributed by atoms with E-state index in [1.165, 1.54) is 6.20 Å². The molecule has 0 amide bonds. The first kappa shape index (κ1) is 6.36. The van der Waals surface area contributed by atoms with Crippen LogP contribution in [0.4, 0.5) is 0 Å². The zero-order chi connectivity index (χ0) is 7.84. The summed E-state index contributed by atoms with van der Waals surface area (Å²) in [6.45, 7) is 0. The van der Waals surface area contributed by atoms with Crippen LogP contribution in [0.2, 0.25) is 5.15 Å². The highest BCUT2D eigenvalue weighted by Crippen LogP contribution is 2.13. The molecule has 2 heterocycles. The van der Waals surface area contributed by atoms with Crippen LogP contribution >= 0.6 is 11.6 Å². The fraction of sp³-hybridized carbons (Fsp3) is 0. The fourth-order valence-corrected chi connectivity index (χ4v) is 1.04. The number of nitrogens with one attached hydrogen (secondary N) is 2. The molecule has 0 aromatic carbocycles. The molecule has 0 aliphatic heterocycles. The quantitative estimate of drug-likeness (QED) is 0.559. The molecule has 0 bridgehead atoms. The Hall–Kier alpha value is -1.36. The summed E-state index contributed by atoms with van der Waals surface area (Å²) < 4.78 is 0. The van der Waals surface area contributed by atoms with E-state index in [9.17, 15) is 4.79 Å². The number of hydrogen-bond donors (Lipinski definition) is 2. The van der Waals surface area contributed by atoms with Gasteiger partial charge in [-0.15, -0.1) is 0 Å². The van der Waals surface area contributed by atoms with E-state index in [1.807, 2.05) is 0 Å². The second-order valence-electron chi connectivity index (χ2n) is 1.99. The first-order chi connectivity index (χ1) is 5.27. The molecule has 56 valence electrons. The predicted octanol–water partition coefficient (Wildman–Crippen LogP) is 0.300. The summed E-state index contributed by atoms with van der Waals surface area (Å²) in [6, 6.07) is 0. The van der Waals surface area contributed by atoms with E-state index in [-0.39, 0.29) is 5.15 Å². The number of halogens is 1. The van der Waals surface area contributed by atoms with Gasteiger partial charge in [0, 0.05) is 0 Å². The van der Waals surface area contributed by atoms with Crippen LogP contribution in [0.5, 0.6) is 0 Å². The molecule has 2 N–H and O–H groups in total. The molecule has 0 unspecified atom stereocenters. The lowest BCUT2D eigenvalue weighted by Gasteiger charge is -1.88. The van der Waals surface area contributed by atoms with Gasteiger partial charge in [-0.05, 0) is 0 Å². The van der Waals surface area contributed by atoms with Gasteiger partial charge in [-0.3, -0.25) is 10.1 Å². The maximum absolute atomic E-state index is 10.7. The summed E-state index contributed by atoms with van der Waals surface area (Å²) >= 11 is 5.65. The smallest absolute Gasteiger partial charge is 0.296 e. The zero-order valence-electron chi connectivity index (χ0n) is 5.26. The van der Waals surface area contributed by atoms with Crippen LogP contribution in [-0.2, 0) is 0 Å². The predicted molar refractivity (Wildman–Crippen MR) is 39.5 cm³/mol. The van der Waals surface area contributed by atoms with Crippen molar-refractivity contribution in [3.05, 3.63) is 21.8 Å². The highest BCUT2D eigenvalue weighted by atomic mass is 35.5. The monoisotopic (exact) mass is 170 g/mol. The van der Waals surface area contributed by atoms with Crippen LogP contribution in [0.25, 0.3) is 11.0 Å². The minimum Gasteiger partial charge on any atom is -0.296 e. The second kappa shape index (κ2) is 2.06. The average molecular weight is 171 g/mol. The molecule has 0 aliphatic rings. The lowest BCUT2D eigenvalue weighted by Crippen LogP contribution is -2.09. The Balaban J connectivity index is 3.02. The van der Waals surface area contributed by atoms with E-state index < -0.39 is 5.69 Å². The molecular formula is C5H3ClN4O. The van der Waals surface area contributed by atoms with Crippen LogP contribution in [0.1, 0.15) is 0 Å². The average Bonchev–Trinajstić information content (AvgIpc) is 2.34. The maximum Gasteiger partial charge on any atom is 0.348 e. The highest BCUT2D eigenvalue weighted by Gasteiger charge is 2.02. The van der Waals surface area contributed by atoms with Crippen molar-refractivity contribution in [3.63, 3.8) is 0 Å². The van der Waals surface area contributed by atoms with Crippen molar-refractivity contribution in [1.82, 2.24) is 20.2 Å². The third-order valence-corrected chi connectivity index (χ3v) is 1.58. The molecule has 11 heavy (non-hydrogen) atoms. The van der Waals surface area contributed by atoms with Crippen molar-refractivity contribution in [2.75, 3.05) is 0 Å². The molecule has 2 aromatic heterocycles. The van der Waals surface area contributed by atoms with Crippen molar-refractivity contribution in [3.8, 4) is 0 Å². The number of fused-ring (bicyclic) bond motifs is 1. The van der Waals surface area contributed by atoms with Crippen LogP contribution in [0.15, 0.2) is 11.0 Å². The van der Waals surface area contributed by atoms with E-state index in [0.717, 1.165) is 0 Å². The SMILES string of the molecule is O=c1nc2[nH]ncc2c(Cl)[nH]1. The summed E-state index contributed by atoms with van der Waals surface area (Å²) in [7, 11) is 0. The lowest BCUT2D eigenvalue weighted by atomic mass is 10.4. The van der Waals surface area contributed by atoms with E-state index in [4.69, 9.17) is 11.6 Å². The Morgan fingerprint density at radius 3 is 3.18 bits per heavy atom. The van der Waals surface area contributed by atoms with Gasteiger partial charge >= 0.3 is 5.69 Å². The number of aromatic nitrogens is 4. The van der Waals surface area contributed by atoms with Crippen molar-refractivity contribution < 1.29 is 0 Å². The Bertz CT molecular complexity index is 445. The standard InChI is InChI=1S/C5H3ClN4O/c6-3-2-1-7-10-4(2)9-5(11)8-3/h1H,(H2,7,8,9,10,11). The van der Waals surface area contributed by atoms with E-state index >= 15 is 0 Å². The molecule has 0 saturated heterocycles. The van der Waals surface area contributed by atoms with Crippen LogP contribution in [-0.4, -0.2) is 20.2 Å². The lowest BCUT2D eigenvalue weighted by molar-refractivity contribution is 1.06. The van der Waals surface area contributed by atoms with Gasteiger partial charge in [0.05, 0.1) is 11.6 Å². The summed E-state index contributed by atoms with van der Waals surface area (Å²) in [5.74, 6) is 0. The van der Waals surface area contributed by atoms with Gasteiger partial charge in [0.2, 0.25) is 0 Å². The summed E-state index contributed by atoms with van der Waals surface area (Å²) in [6.07, 6.45) is 1.50. The molecule has 2 rings (SSSR count). The van der Waals surface area contributed by atoms with E-state index in [1.54, 1.807) is 0 Å². The zero-order valence-corrected chi connectivity index (χ0v) is 6.01. The topological polar surface area (TPSA) is 74.4 Å². The molecule has 5 nitrogen and oxygen atoms in total. The molecule has 6 heteroatoms. The van der Waals surface area contributed by atoms with Gasteiger partial charge in [-0.25, -0.2) is 4.79 Å². The Labute approximate surface area is 65.4 Å². The van der Waals surface area contributed by atoms with Gasteiger partial charge in [-0.1, -0.05) is 11.6 Å². The van der Waals surface area contributed by atoms with Crippen molar-refractivity contribution in [2.45, 2.75) is 0 Å². The van der Waals surface area contributed by atoms with Gasteiger partial charge in [0.15, 0.2) is 5.65 Å². The Morgan fingerprint density at radius 1 is 1.55 bits per heavy atom. The molecule has 0 radical (unpaired) electrons. The molecular weight excluding hydrogens is 168 g/mol. The van der Waals surface area contributed by atoms with E-state index in [0.29, 0.717) is 11.0 Å². The van der Waals surface area contributed by atoms with Gasteiger partial charge in [0.25, 0.3) is 0 Å². The van der Waals surface area contributed by atoms with Crippen molar-refractivity contribution in [1.29, 1.82) is 0 Å². The number of hydrogen-bond acceptors (Lipinski definition) is 3. The van der Waals surface area contributed by atoms with Gasteiger partial charge in [-0.2, -0.15) is 10.1 Å². The second-order valence-corrected chi connectivity index (χ2v) is 2.37. The number of nitrogens with zero attached hydrogens (tertiary/aromatic N) is 2. The maximum atomic E-state index is 10.7. The third kappa shape index (κ3) is 0.894. The van der Waals surface area contributed by atoms with Crippen molar-refractivity contribution in [2.24, 2.45) is 0 Å². The molecule has 0 atom stereocenters. The van der Waals surface area contributed by atoms with E-state index in [2.05, 4.69) is 20.2 Å². The Morgan fingerprint density at radius 2 is 2.36 bits per heavy atom. The molecule has 2 aromatic rings. The normalized spacial score (nSPS) is 10.6. The first-order valence-electron chi connectivity index (χ1n) is 2.86. The fourth-order valence-electron chi connectivity index (χ4n) is 0.816. The minimum absolute atomic E-state index is 0.258. The first-order valence-corrected chi connectivity index (χ1v) is 3.24. The molecule has 0 fully saturated rings. The number of H-pyrrole nitrogens is 2. The summed E-state index contributed by atoms with van der Waals surface area (Å²) in [5.41, 5.74) is -0.0782. The Kier molecular flexibility index (Phi) is 1.19. The highest BCUT2D eigenvalue weighted by molar-refractivity contribution is 6.33. The van der Waals surface area contributed by atoms with Gasteiger partial charge in [0.1, 0.15) is 5.15 Å². The third-order valence-electron chi connectivity index (χ3n) is 1.29. The summed E-state index contributed by atoms with van der Waals surface area (Å²) in [5, 5.41) is 7.08.